The highest BCUT2D eigenvalue weighted by atomic mass is 16.5. The first-order valence-corrected chi connectivity index (χ1v) is 13.4. The highest BCUT2D eigenvalue weighted by molar-refractivity contribution is 5.58. The normalized spacial score (nSPS) is 17.9. The molecule has 2 heteroatoms. The molecule has 34 heavy (non-hydrogen) atoms. The van der Waals surface area contributed by atoms with Gasteiger partial charge in [0.05, 0.1) is 7.11 Å². The van der Waals surface area contributed by atoms with Crippen molar-refractivity contribution in [2.75, 3.05) is 7.11 Å². The number of fused-ring (bicyclic) bond motifs is 1. The number of methoxy groups -OCH3 is 1. The van der Waals surface area contributed by atoms with Gasteiger partial charge in [0.1, 0.15) is 17.1 Å². The summed E-state index contributed by atoms with van der Waals surface area (Å²) in [6.45, 7) is 21.6. The predicted octanol–water partition coefficient (Wildman–Crippen LogP) is 9.93. The molecule has 0 saturated carbocycles. The highest BCUT2D eigenvalue weighted by Crippen LogP contribution is 2.44. The fourth-order valence-electron chi connectivity index (χ4n) is 4.73. The Hall–Kier alpha value is -1.96. The summed E-state index contributed by atoms with van der Waals surface area (Å²) in [7, 11) is 1.77. The van der Waals surface area contributed by atoms with Crippen LogP contribution in [0.5, 0.6) is 11.5 Å². The summed E-state index contributed by atoms with van der Waals surface area (Å²) in [4.78, 5) is 0. The lowest BCUT2D eigenvalue weighted by Crippen LogP contribution is -2.37. The monoisotopic (exact) mass is 468 g/mol. The number of ether oxygens (including phenoxy) is 2. The molecule has 0 spiro atoms. The van der Waals surface area contributed by atoms with Crippen molar-refractivity contribution in [2.24, 2.45) is 0 Å². The number of benzene rings is 1. The van der Waals surface area contributed by atoms with Crippen molar-refractivity contribution < 1.29 is 9.47 Å². The second-order valence-corrected chi connectivity index (χ2v) is 10.3. The van der Waals surface area contributed by atoms with Crippen molar-refractivity contribution in [2.45, 2.75) is 126 Å². The van der Waals surface area contributed by atoms with Crippen molar-refractivity contribution in [3.05, 3.63) is 57.2 Å². The third kappa shape index (κ3) is 8.67. The minimum atomic E-state index is -0.0938. The molecule has 0 aliphatic carbocycles. The number of allylic oxidation sites excluding steroid dienone is 6. The predicted molar refractivity (Wildman–Crippen MR) is 151 cm³/mol. The van der Waals surface area contributed by atoms with E-state index in [4.69, 9.17) is 9.47 Å². The van der Waals surface area contributed by atoms with Crippen molar-refractivity contribution in [3.63, 3.8) is 0 Å². The smallest absolute Gasteiger partial charge is 0.127 e. The Labute approximate surface area is 211 Å². The molecule has 1 unspecified atom stereocenters. The Morgan fingerprint density at radius 3 is 1.97 bits per heavy atom. The zero-order chi connectivity index (χ0) is 25.9. The van der Waals surface area contributed by atoms with Gasteiger partial charge in [-0.2, -0.15) is 0 Å². The first kappa shape index (κ1) is 30.1. The summed E-state index contributed by atoms with van der Waals surface area (Å²) in [6, 6.07) is 0. The van der Waals surface area contributed by atoms with Crippen molar-refractivity contribution in [1.82, 2.24) is 0 Å². The van der Waals surface area contributed by atoms with E-state index >= 15 is 0 Å². The lowest BCUT2D eigenvalue weighted by atomic mass is 9.85. The van der Waals surface area contributed by atoms with Crippen LogP contribution in [0.4, 0.5) is 0 Å². The summed E-state index contributed by atoms with van der Waals surface area (Å²) in [5.74, 6) is 2.12. The molecule has 1 atom stereocenters. The van der Waals surface area contributed by atoms with Gasteiger partial charge in [0.2, 0.25) is 0 Å². The van der Waals surface area contributed by atoms with Crippen LogP contribution in [0.15, 0.2) is 34.9 Å². The Balaban J connectivity index is 0.00000281. The lowest BCUT2D eigenvalue weighted by Gasteiger charge is -2.38. The van der Waals surface area contributed by atoms with Crippen molar-refractivity contribution >= 4 is 0 Å². The minimum Gasteiger partial charge on any atom is -0.496 e. The van der Waals surface area contributed by atoms with Gasteiger partial charge in [0.15, 0.2) is 0 Å². The number of hydrogen-bond acceptors (Lipinski definition) is 2. The Morgan fingerprint density at radius 2 is 1.41 bits per heavy atom. The molecule has 1 aromatic rings. The van der Waals surface area contributed by atoms with Gasteiger partial charge >= 0.3 is 0 Å². The topological polar surface area (TPSA) is 18.5 Å². The van der Waals surface area contributed by atoms with Crippen LogP contribution >= 0.6 is 0 Å². The van der Waals surface area contributed by atoms with E-state index in [1.54, 1.807) is 7.11 Å². The van der Waals surface area contributed by atoms with Crippen molar-refractivity contribution in [3.8, 4) is 11.5 Å². The second-order valence-electron chi connectivity index (χ2n) is 10.3. The van der Waals surface area contributed by atoms with Gasteiger partial charge in [-0.3, -0.25) is 0 Å². The molecule has 2 nitrogen and oxygen atoms in total. The molecule has 1 heterocycles. The van der Waals surface area contributed by atoms with Gasteiger partial charge in [-0.1, -0.05) is 48.8 Å². The Morgan fingerprint density at radius 1 is 0.853 bits per heavy atom. The summed E-state index contributed by atoms with van der Waals surface area (Å²) in [5, 5.41) is 0. The summed E-state index contributed by atoms with van der Waals surface area (Å²) < 4.78 is 12.3. The Kier molecular flexibility index (Phi) is 12.8. The van der Waals surface area contributed by atoms with E-state index in [2.05, 4.69) is 73.6 Å². The molecule has 1 aromatic carbocycles. The lowest BCUT2D eigenvalue weighted by molar-refractivity contribution is 0.0558. The zero-order valence-corrected chi connectivity index (χ0v) is 24.2. The van der Waals surface area contributed by atoms with E-state index in [1.807, 2.05) is 13.8 Å². The van der Waals surface area contributed by atoms with E-state index in [9.17, 15) is 0 Å². The highest BCUT2D eigenvalue weighted by Gasteiger charge is 2.34. The van der Waals surface area contributed by atoms with E-state index in [0.717, 1.165) is 56.4 Å². The number of rotatable bonds is 10. The molecule has 2 rings (SSSR count). The van der Waals surface area contributed by atoms with Gasteiger partial charge in [0, 0.05) is 5.56 Å². The van der Waals surface area contributed by atoms with Gasteiger partial charge in [0.25, 0.3) is 0 Å². The first-order chi connectivity index (χ1) is 16.1. The maximum Gasteiger partial charge on any atom is 0.127 e. The zero-order valence-electron chi connectivity index (χ0n) is 24.2. The van der Waals surface area contributed by atoms with Crippen molar-refractivity contribution in [1.29, 1.82) is 0 Å². The van der Waals surface area contributed by atoms with Gasteiger partial charge in [-0.25, -0.2) is 0 Å². The largest absolute Gasteiger partial charge is 0.496 e. The summed E-state index contributed by atoms with van der Waals surface area (Å²) >= 11 is 0. The molecule has 0 radical (unpaired) electrons. The minimum absolute atomic E-state index is 0.0938. The van der Waals surface area contributed by atoms with Crippen LogP contribution in [0.2, 0.25) is 0 Å². The average molecular weight is 469 g/mol. The molecule has 1 aliphatic heterocycles. The van der Waals surface area contributed by atoms with E-state index in [0.29, 0.717) is 0 Å². The molecule has 0 amide bonds. The standard InChI is InChI=1S/C30H46O2.C2H6/c1-21(2)13-10-14-22(3)15-11-16-23(4)17-12-19-30(8)20-18-27-26(7)28(31-9)24(5)25(6)29(27)32-30;1-2/h13,15,17H,10-12,14,16,18-20H2,1-9H3;1-2H3/b22-15+,23-17+;. The van der Waals surface area contributed by atoms with Crippen LogP contribution < -0.4 is 9.47 Å². The summed E-state index contributed by atoms with van der Waals surface area (Å²) in [5.41, 5.74) is 9.33. The van der Waals surface area contributed by atoms with Crippen LogP contribution in [0.25, 0.3) is 0 Å². The summed E-state index contributed by atoms with van der Waals surface area (Å²) in [6.07, 6.45) is 16.1. The molecule has 0 bridgehead atoms. The average Bonchev–Trinajstić information content (AvgIpc) is 2.79. The van der Waals surface area contributed by atoms with Gasteiger partial charge in [-0.05, 0) is 123 Å². The third-order valence-corrected chi connectivity index (χ3v) is 7.06. The SMILES string of the molecule is CC.COc1c(C)c(C)c2c(c1C)CCC(C)(CC/C=C(\C)CC/C=C(\C)CCC=C(C)C)O2. The van der Waals surface area contributed by atoms with E-state index < -0.39 is 0 Å². The molecule has 0 N–H and O–H groups in total. The fraction of sp³-hybridized carbons (Fsp3) is 0.625. The molecule has 1 aliphatic rings. The number of hydrogen-bond donors (Lipinski definition) is 0. The van der Waals surface area contributed by atoms with E-state index in [1.165, 1.54) is 45.4 Å². The van der Waals surface area contributed by atoms with Crippen LogP contribution in [0, 0.1) is 20.8 Å². The van der Waals surface area contributed by atoms with E-state index in [-0.39, 0.29) is 5.60 Å². The maximum atomic E-state index is 6.66. The maximum absolute atomic E-state index is 6.66. The van der Waals surface area contributed by atoms with Crippen LogP contribution in [-0.2, 0) is 6.42 Å². The van der Waals surface area contributed by atoms with Crippen LogP contribution in [0.3, 0.4) is 0 Å². The molecular formula is C32H52O2. The third-order valence-electron chi connectivity index (χ3n) is 7.06. The molecule has 192 valence electrons. The fourth-order valence-corrected chi connectivity index (χ4v) is 4.73. The van der Waals surface area contributed by atoms with Gasteiger partial charge in [-0.15, -0.1) is 0 Å². The molecule has 0 aromatic heterocycles. The second kappa shape index (κ2) is 14.4. The molecular weight excluding hydrogens is 416 g/mol. The van der Waals surface area contributed by atoms with Crippen LogP contribution in [-0.4, -0.2) is 12.7 Å². The van der Waals surface area contributed by atoms with Crippen LogP contribution in [0.1, 0.15) is 116 Å². The van der Waals surface area contributed by atoms with Gasteiger partial charge < -0.3 is 9.47 Å². The Bertz CT molecular complexity index is 881. The quantitative estimate of drug-likeness (QED) is 0.318. The molecule has 0 saturated heterocycles. The first-order valence-electron chi connectivity index (χ1n) is 13.4. The molecule has 0 fully saturated rings.